The number of aliphatic carboxylic acids is 1. The van der Waals surface area contributed by atoms with Crippen LogP contribution in [0.4, 0.5) is 5.82 Å². The number of unbranched alkanes of at least 4 members (excludes halogenated alkanes) is 1. The number of rotatable bonds is 10. The first-order valence-electron chi connectivity index (χ1n) is 10.3. The zero-order valence-corrected chi connectivity index (χ0v) is 19.0. The molecule has 0 aliphatic rings. The van der Waals surface area contributed by atoms with Gasteiger partial charge in [-0.15, -0.1) is 0 Å². The minimum atomic E-state index is -0.786. The Morgan fingerprint density at radius 2 is 2.06 bits per heavy atom. The van der Waals surface area contributed by atoms with E-state index in [2.05, 4.69) is 24.3 Å². The van der Waals surface area contributed by atoms with Crippen LogP contribution in [0.3, 0.4) is 0 Å². The second-order valence-electron chi connectivity index (χ2n) is 7.77. The number of aromatic nitrogens is 4. The zero-order valence-electron chi connectivity index (χ0n) is 18.3. The van der Waals surface area contributed by atoms with Crippen molar-refractivity contribution in [2.24, 2.45) is 7.05 Å². The van der Waals surface area contributed by atoms with Gasteiger partial charge in [0.1, 0.15) is 22.6 Å². The van der Waals surface area contributed by atoms with Crippen molar-refractivity contribution < 1.29 is 14.6 Å². The summed E-state index contributed by atoms with van der Waals surface area (Å²) in [5, 5.41) is 17.5. The lowest BCUT2D eigenvalue weighted by atomic mass is 10.1. The lowest BCUT2D eigenvalue weighted by Crippen LogP contribution is -2.08. The van der Waals surface area contributed by atoms with Crippen molar-refractivity contribution >= 4 is 34.4 Å². The first kappa shape index (κ1) is 22.8. The monoisotopic (exact) mass is 445 g/mol. The molecule has 2 aromatic heterocycles. The fourth-order valence-electron chi connectivity index (χ4n) is 3.43. The van der Waals surface area contributed by atoms with Gasteiger partial charge in [-0.1, -0.05) is 31.5 Å². The fraction of sp³-hybridized carbons (Fsp3) is 0.455. The van der Waals surface area contributed by atoms with Gasteiger partial charge in [0, 0.05) is 26.4 Å². The maximum atomic E-state index is 10.8. The molecule has 3 rings (SSSR count). The number of nitrogens with zero attached hydrogens (tertiary/aromatic N) is 4. The fourth-order valence-corrected chi connectivity index (χ4v) is 3.71. The van der Waals surface area contributed by atoms with Gasteiger partial charge in [0.05, 0.1) is 17.8 Å². The Kier molecular flexibility index (Phi) is 7.33. The maximum Gasteiger partial charge on any atom is 0.303 e. The van der Waals surface area contributed by atoms with Crippen molar-refractivity contribution in [1.82, 2.24) is 19.7 Å². The van der Waals surface area contributed by atoms with Crippen LogP contribution in [0.1, 0.15) is 56.1 Å². The second-order valence-corrected chi connectivity index (χ2v) is 8.18. The topological polar surface area (TPSA) is 102 Å². The summed E-state index contributed by atoms with van der Waals surface area (Å²) in [5.74, 6) is 1.44. The molecule has 0 radical (unpaired) electrons. The number of ether oxygens (including phenoxy) is 1. The average Bonchev–Trinajstić information content (AvgIpc) is 3.06. The quantitative estimate of drug-likeness (QED) is 0.441. The number of benzene rings is 1. The molecular weight excluding hydrogens is 418 g/mol. The molecule has 8 nitrogen and oxygen atoms in total. The van der Waals surface area contributed by atoms with Crippen molar-refractivity contribution in [3.8, 4) is 5.75 Å². The van der Waals surface area contributed by atoms with Gasteiger partial charge in [0.2, 0.25) is 0 Å². The smallest absolute Gasteiger partial charge is 0.303 e. The number of aryl methyl sites for hydroxylation is 2. The number of carbonyl (C=O) groups is 1. The summed E-state index contributed by atoms with van der Waals surface area (Å²) in [6.07, 6.45) is 2.06. The number of hydrogen-bond acceptors (Lipinski definition) is 6. The van der Waals surface area contributed by atoms with Gasteiger partial charge in [-0.2, -0.15) is 5.10 Å². The third kappa shape index (κ3) is 5.44. The van der Waals surface area contributed by atoms with E-state index in [1.165, 1.54) is 0 Å². The van der Waals surface area contributed by atoms with Crippen LogP contribution in [0.2, 0.25) is 5.02 Å². The third-order valence-electron chi connectivity index (χ3n) is 5.02. The highest BCUT2D eigenvalue weighted by molar-refractivity contribution is 6.32. The highest BCUT2D eigenvalue weighted by Gasteiger charge is 2.19. The van der Waals surface area contributed by atoms with Crippen LogP contribution in [0.25, 0.3) is 11.0 Å². The summed E-state index contributed by atoms with van der Waals surface area (Å²) in [6.45, 7) is 4.70. The Morgan fingerprint density at radius 1 is 1.29 bits per heavy atom. The summed E-state index contributed by atoms with van der Waals surface area (Å²) in [6, 6.07) is 5.65. The predicted octanol–water partition coefficient (Wildman–Crippen LogP) is 4.56. The second kappa shape index (κ2) is 9.96. The van der Waals surface area contributed by atoms with E-state index < -0.39 is 5.97 Å². The molecule has 0 bridgehead atoms. The van der Waals surface area contributed by atoms with E-state index in [-0.39, 0.29) is 12.3 Å². The molecule has 0 aliphatic heterocycles. The van der Waals surface area contributed by atoms with Gasteiger partial charge in [-0.25, -0.2) is 9.97 Å². The van der Waals surface area contributed by atoms with E-state index in [1.807, 2.05) is 29.9 Å². The highest BCUT2D eigenvalue weighted by atomic mass is 35.5. The molecule has 0 amide bonds. The molecule has 2 heterocycles. The summed E-state index contributed by atoms with van der Waals surface area (Å²) in [7, 11) is 3.48. The molecular formula is C22H28ClN5O3. The van der Waals surface area contributed by atoms with Crippen LogP contribution >= 0.6 is 11.6 Å². The SMILES string of the molecule is COc1ccc(CNc2nc(CCCCC(=O)O)nc3c(C(C)C)nn(C)c23)cc1Cl. The van der Waals surface area contributed by atoms with Crippen molar-refractivity contribution in [2.45, 2.75) is 52.0 Å². The third-order valence-corrected chi connectivity index (χ3v) is 5.31. The molecule has 3 aromatic rings. The van der Waals surface area contributed by atoms with Crippen molar-refractivity contribution in [3.05, 3.63) is 40.3 Å². The molecule has 0 unspecified atom stereocenters. The molecule has 31 heavy (non-hydrogen) atoms. The normalized spacial score (nSPS) is 11.3. The van der Waals surface area contributed by atoms with Crippen LogP contribution in [-0.2, 0) is 24.8 Å². The molecule has 0 fully saturated rings. The van der Waals surface area contributed by atoms with E-state index in [4.69, 9.17) is 31.4 Å². The Balaban J connectivity index is 1.90. The molecule has 0 spiro atoms. The van der Waals surface area contributed by atoms with Gasteiger partial charge in [0.25, 0.3) is 0 Å². The number of carboxylic acid groups (broad SMARTS) is 1. The first-order valence-corrected chi connectivity index (χ1v) is 10.7. The Bertz CT molecular complexity index is 1080. The first-order chi connectivity index (χ1) is 14.8. The molecule has 0 saturated carbocycles. The van der Waals surface area contributed by atoms with Crippen molar-refractivity contribution in [2.75, 3.05) is 12.4 Å². The lowest BCUT2D eigenvalue weighted by Gasteiger charge is -2.11. The molecule has 0 saturated heterocycles. The van der Waals surface area contributed by atoms with Crippen molar-refractivity contribution in [1.29, 1.82) is 0 Å². The number of halogens is 1. The van der Waals surface area contributed by atoms with Gasteiger partial charge in [-0.3, -0.25) is 9.48 Å². The van der Waals surface area contributed by atoms with Crippen LogP contribution in [0, 0.1) is 0 Å². The number of carboxylic acids is 1. The zero-order chi connectivity index (χ0) is 22.5. The molecule has 2 N–H and O–H groups in total. The number of nitrogens with one attached hydrogen (secondary N) is 1. The molecule has 0 atom stereocenters. The van der Waals surface area contributed by atoms with Gasteiger partial charge >= 0.3 is 5.97 Å². The number of anilines is 1. The Morgan fingerprint density at radius 3 is 2.71 bits per heavy atom. The lowest BCUT2D eigenvalue weighted by molar-refractivity contribution is -0.137. The molecule has 1 aromatic carbocycles. The van der Waals surface area contributed by atoms with Crippen LogP contribution in [0.5, 0.6) is 5.75 Å². The largest absolute Gasteiger partial charge is 0.495 e. The number of fused-ring (bicyclic) bond motifs is 1. The van der Waals surface area contributed by atoms with Gasteiger partial charge in [0.15, 0.2) is 5.82 Å². The van der Waals surface area contributed by atoms with Gasteiger partial charge in [-0.05, 0) is 36.5 Å². The van der Waals surface area contributed by atoms with E-state index >= 15 is 0 Å². The predicted molar refractivity (Wildman–Crippen MR) is 121 cm³/mol. The molecule has 166 valence electrons. The Labute approximate surface area is 186 Å². The minimum Gasteiger partial charge on any atom is -0.495 e. The van der Waals surface area contributed by atoms with Crippen LogP contribution in [-0.4, -0.2) is 37.9 Å². The van der Waals surface area contributed by atoms with Crippen LogP contribution < -0.4 is 10.1 Å². The average molecular weight is 446 g/mol. The van der Waals surface area contributed by atoms with Crippen molar-refractivity contribution in [3.63, 3.8) is 0 Å². The summed E-state index contributed by atoms with van der Waals surface area (Å²) < 4.78 is 7.02. The van der Waals surface area contributed by atoms with E-state index in [0.717, 1.165) is 22.3 Å². The molecule has 9 heteroatoms. The minimum absolute atomic E-state index is 0.149. The summed E-state index contributed by atoms with van der Waals surface area (Å²) in [4.78, 5) is 20.3. The molecule has 0 aliphatic carbocycles. The van der Waals surface area contributed by atoms with E-state index in [1.54, 1.807) is 7.11 Å². The standard InChI is InChI=1S/C22H28ClN5O3/c1-13(2)19-20-21(28(3)27-19)22(26-17(25-20)7-5-6-8-18(29)30)24-12-14-9-10-16(31-4)15(23)11-14/h9-11,13H,5-8,12H2,1-4H3,(H,29,30)(H,24,25,26). The highest BCUT2D eigenvalue weighted by Crippen LogP contribution is 2.29. The number of methoxy groups -OCH3 is 1. The van der Waals surface area contributed by atoms with Gasteiger partial charge < -0.3 is 15.2 Å². The maximum absolute atomic E-state index is 10.8. The Hall–Kier alpha value is -2.87. The van der Waals surface area contributed by atoms with E-state index in [0.29, 0.717) is 48.2 Å². The van der Waals surface area contributed by atoms with Crippen LogP contribution in [0.15, 0.2) is 18.2 Å². The summed E-state index contributed by atoms with van der Waals surface area (Å²) in [5.41, 5.74) is 3.59. The van der Waals surface area contributed by atoms with E-state index in [9.17, 15) is 4.79 Å². The summed E-state index contributed by atoms with van der Waals surface area (Å²) >= 11 is 6.25. The number of hydrogen-bond donors (Lipinski definition) is 2.